The first-order valence-corrected chi connectivity index (χ1v) is 14.9. The zero-order chi connectivity index (χ0) is 31.2. The molecular formula is C34H37FN4O5. The van der Waals surface area contributed by atoms with Gasteiger partial charge in [0.15, 0.2) is 0 Å². The Bertz CT molecular complexity index is 1550. The number of carbonyl (C=O) groups is 3. The molecule has 230 valence electrons. The Balaban J connectivity index is 1.43. The minimum absolute atomic E-state index is 0.178. The van der Waals surface area contributed by atoms with Crippen molar-refractivity contribution in [1.82, 2.24) is 20.0 Å². The van der Waals surface area contributed by atoms with Crippen LogP contribution in [-0.4, -0.2) is 78.0 Å². The van der Waals surface area contributed by atoms with E-state index in [0.717, 1.165) is 0 Å². The molecule has 2 atom stereocenters. The van der Waals surface area contributed by atoms with E-state index >= 15 is 0 Å². The maximum atomic E-state index is 13.8. The van der Waals surface area contributed by atoms with E-state index in [-0.39, 0.29) is 24.6 Å². The van der Waals surface area contributed by atoms with E-state index in [4.69, 9.17) is 9.47 Å². The van der Waals surface area contributed by atoms with Crippen LogP contribution in [0.3, 0.4) is 0 Å². The number of piperazine rings is 1. The molecule has 0 saturated carbocycles. The van der Waals surface area contributed by atoms with Gasteiger partial charge in [-0.2, -0.15) is 0 Å². The van der Waals surface area contributed by atoms with Crippen LogP contribution in [0.15, 0.2) is 90.1 Å². The number of likely N-dealkylation sites (N-methyl/N-ethyl adjacent to an activating group) is 1. The molecular weight excluding hydrogens is 563 g/mol. The minimum atomic E-state index is -0.757. The van der Waals surface area contributed by atoms with E-state index in [1.54, 1.807) is 22.8 Å². The van der Waals surface area contributed by atoms with Gasteiger partial charge < -0.3 is 19.7 Å². The highest BCUT2D eigenvalue weighted by Gasteiger charge is 2.39. The monoisotopic (exact) mass is 600 g/mol. The summed E-state index contributed by atoms with van der Waals surface area (Å²) >= 11 is 0. The van der Waals surface area contributed by atoms with Crippen LogP contribution in [0.1, 0.15) is 42.7 Å². The highest BCUT2D eigenvalue weighted by atomic mass is 19.1. The van der Waals surface area contributed by atoms with Crippen LogP contribution < -0.4 is 10.1 Å². The van der Waals surface area contributed by atoms with Gasteiger partial charge in [0.2, 0.25) is 0 Å². The van der Waals surface area contributed by atoms with Crippen molar-refractivity contribution in [1.29, 1.82) is 0 Å². The summed E-state index contributed by atoms with van der Waals surface area (Å²) in [6.07, 6.45) is 0. The van der Waals surface area contributed by atoms with Gasteiger partial charge in [0.25, 0.3) is 5.91 Å². The van der Waals surface area contributed by atoms with Gasteiger partial charge in [-0.3, -0.25) is 14.6 Å². The maximum absolute atomic E-state index is 13.8. The van der Waals surface area contributed by atoms with E-state index in [1.165, 1.54) is 18.2 Å². The molecule has 0 spiro atoms. The van der Waals surface area contributed by atoms with Crippen LogP contribution in [0, 0.1) is 5.82 Å². The maximum Gasteiger partial charge on any atom is 0.338 e. The summed E-state index contributed by atoms with van der Waals surface area (Å²) in [6, 6.07) is 21.1. The normalized spacial score (nSPS) is 19.0. The van der Waals surface area contributed by atoms with Crippen molar-refractivity contribution in [2.45, 2.75) is 32.9 Å². The standard InChI is InChI=1S/C34H37FN4O5/c1-4-38-29(22-37-17-18-39(23(3)21-37)32(40)25-12-9-13-26(35)19-25)30(33(41)43-5-2)31(36-34(38)42)24-11-10-16-28(20-24)44-27-14-7-6-8-15-27/h6-16,19-20,23,31H,4-5,17-18,21-22H2,1-3H3,(H,36,42)/t23-,31+/m0/s1. The van der Waals surface area contributed by atoms with Crippen LogP contribution in [0.25, 0.3) is 0 Å². The Morgan fingerprint density at radius 3 is 2.41 bits per heavy atom. The predicted octanol–water partition coefficient (Wildman–Crippen LogP) is 5.37. The number of hydrogen-bond donors (Lipinski definition) is 1. The van der Waals surface area contributed by atoms with Crippen LogP contribution in [-0.2, 0) is 9.53 Å². The molecule has 3 aromatic rings. The van der Waals surface area contributed by atoms with E-state index in [1.807, 2.05) is 68.4 Å². The number of urea groups is 1. The summed E-state index contributed by atoms with van der Waals surface area (Å²) in [5.74, 6) is 0.0443. The number of benzene rings is 3. The van der Waals surface area contributed by atoms with Gasteiger partial charge in [-0.25, -0.2) is 14.0 Å². The third-order valence-electron chi connectivity index (χ3n) is 7.84. The zero-order valence-electron chi connectivity index (χ0n) is 25.2. The molecule has 3 aromatic carbocycles. The van der Waals surface area contributed by atoms with Gasteiger partial charge in [-0.15, -0.1) is 0 Å². The summed E-state index contributed by atoms with van der Waals surface area (Å²) in [4.78, 5) is 45.6. The Kier molecular flexibility index (Phi) is 9.59. The topological polar surface area (TPSA) is 91.4 Å². The van der Waals surface area contributed by atoms with Crippen molar-refractivity contribution in [3.63, 3.8) is 0 Å². The van der Waals surface area contributed by atoms with Gasteiger partial charge in [-0.05, 0) is 68.8 Å². The molecule has 2 aliphatic heterocycles. The Morgan fingerprint density at radius 1 is 0.955 bits per heavy atom. The SMILES string of the molecule is CCOC(=O)C1=C(CN2CCN(C(=O)c3cccc(F)c3)[C@@H](C)C2)N(CC)C(=O)N[C@@H]1c1cccc(Oc2ccccc2)c1. The first-order chi connectivity index (χ1) is 21.3. The second-order valence-corrected chi connectivity index (χ2v) is 10.8. The lowest BCUT2D eigenvalue weighted by atomic mass is 9.93. The van der Waals surface area contributed by atoms with Gasteiger partial charge >= 0.3 is 12.0 Å². The van der Waals surface area contributed by atoms with Crippen molar-refractivity contribution < 1.29 is 28.2 Å². The number of rotatable bonds is 9. The largest absolute Gasteiger partial charge is 0.463 e. The first kappa shape index (κ1) is 30.7. The molecule has 1 fully saturated rings. The van der Waals surface area contributed by atoms with E-state index in [9.17, 15) is 18.8 Å². The Labute approximate surface area is 256 Å². The van der Waals surface area contributed by atoms with Gasteiger partial charge in [0, 0.05) is 50.0 Å². The third-order valence-corrected chi connectivity index (χ3v) is 7.84. The molecule has 2 heterocycles. The quantitative estimate of drug-likeness (QED) is 0.332. The second kappa shape index (κ2) is 13.7. The minimum Gasteiger partial charge on any atom is -0.463 e. The summed E-state index contributed by atoms with van der Waals surface area (Å²) in [6.45, 7) is 7.80. The molecule has 3 amide bonds. The van der Waals surface area contributed by atoms with Crippen LogP contribution in [0.2, 0.25) is 0 Å². The molecule has 9 nitrogen and oxygen atoms in total. The molecule has 44 heavy (non-hydrogen) atoms. The fraction of sp³-hybridized carbons (Fsp3) is 0.324. The molecule has 0 unspecified atom stereocenters. The molecule has 0 aliphatic carbocycles. The van der Waals surface area contributed by atoms with Gasteiger partial charge in [0.1, 0.15) is 17.3 Å². The molecule has 2 aliphatic rings. The number of halogens is 1. The fourth-order valence-corrected chi connectivity index (χ4v) is 5.77. The summed E-state index contributed by atoms with van der Waals surface area (Å²) < 4.78 is 25.3. The number of carbonyl (C=O) groups excluding carboxylic acids is 3. The first-order valence-electron chi connectivity index (χ1n) is 14.9. The number of amides is 3. The Morgan fingerprint density at radius 2 is 1.70 bits per heavy atom. The highest BCUT2D eigenvalue weighted by molar-refractivity contribution is 5.95. The number of nitrogens with one attached hydrogen (secondary N) is 1. The lowest BCUT2D eigenvalue weighted by Crippen LogP contribution is -2.56. The van der Waals surface area contributed by atoms with Gasteiger partial charge in [-0.1, -0.05) is 36.4 Å². The smallest absolute Gasteiger partial charge is 0.338 e. The zero-order valence-corrected chi connectivity index (χ0v) is 25.2. The van der Waals surface area contributed by atoms with E-state index in [0.29, 0.717) is 66.6 Å². The second-order valence-electron chi connectivity index (χ2n) is 10.8. The van der Waals surface area contributed by atoms with Crippen molar-refractivity contribution in [3.8, 4) is 11.5 Å². The number of esters is 1. The van der Waals surface area contributed by atoms with Crippen LogP contribution in [0.4, 0.5) is 9.18 Å². The van der Waals surface area contributed by atoms with Crippen molar-refractivity contribution in [3.05, 3.63) is 107 Å². The molecule has 0 bridgehead atoms. The number of ether oxygens (including phenoxy) is 2. The summed E-state index contributed by atoms with van der Waals surface area (Å²) in [5.41, 5.74) is 1.91. The van der Waals surface area contributed by atoms with Gasteiger partial charge in [0.05, 0.1) is 18.2 Å². The van der Waals surface area contributed by atoms with Crippen LogP contribution in [0.5, 0.6) is 11.5 Å². The average molecular weight is 601 g/mol. The predicted molar refractivity (Wildman–Crippen MR) is 164 cm³/mol. The fourth-order valence-electron chi connectivity index (χ4n) is 5.77. The number of hydrogen-bond acceptors (Lipinski definition) is 6. The third kappa shape index (κ3) is 6.75. The highest BCUT2D eigenvalue weighted by Crippen LogP contribution is 2.34. The molecule has 1 N–H and O–H groups in total. The van der Waals surface area contributed by atoms with Crippen molar-refractivity contribution >= 4 is 17.9 Å². The lowest BCUT2D eigenvalue weighted by Gasteiger charge is -2.43. The van der Waals surface area contributed by atoms with Crippen LogP contribution >= 0.6 is 0 Å². The number of para-hydroxylation sites is 1. The molecule has 0 aromatic heterocycles. The molecule has 5 rings (SSSR count). The van der Waals surface area contributed by atoms with Crippen molar-refractivity contribution in [2.24, 2.45) is 0 Å². The molecule has 10 heteroatoms. The lowest BCUT2D eigenvalue weighted by molar-refractivity contribution is -0.139. The van der Waals surface area contributed by atoms with Crippen molar-refractivity contribution in [2.75, 3.05) is 39.3 Å². The average Bonchev–Trinajstić information content (AvgIpc) is 3.01. The summed E-state index contributed by atoms with van der Waals surface area (Å²) in [5, 5.41) is 3.01. The van der Waals surface area contributed by atoms with E-state index in [2.05, 4.69) is 10.2 Å². The number of nitrogens with zero attached hydrogens (tertiary/aromatic N) is 3. The Hall–Kier alpha value is -4.70. The molecule has 1 saturated heterocycles. The molecule has 0 radical (unpaired) electrons. The summed E-state index contributed by atoms with van der Waals surface area (Å²) in [7, 11) is 0. The van der Waals surface area contributed by atoms with E-state index < -0.39 is 17.8 Å².